The molecule has 1 fully saturated rings. The third kappa shape index (κ3) is 2.68. The van der Waals surface area contributed by atoms with Crippen LogP contribution in [0.4, 0.5) is 13.2 Å². The first kappa shape index (κ1) is 13.8. The molecule has 2 N–H and O–H groups in total. The number of alkyl halides is 3. The van der Waals surface area contributed by atoms with Crippen LogP contribution in [0.1, 0.15) is 19.8 Å². The number of carboxylic acid groups (broad SMARTS) is 1. The normalized spacial score (nSPS) is 24.1. The fourth-order valence-corrected chi connectivity index (χ4v) is 1.36. The fourth-order valence-electron chi connectivity index (χ4n) is 1.36. The molecule has 0 aromatic carbocycles. The number of amides is 1. The van der Waals surface area contributed by atoms with E-state index < -0.39 is 29.7 Å². The highest BCUT2D eigenvalue weighted by atomic mass is 19.4. The van der Waals surface area contributed by atoms with Crippen LogP contribution in [-0.4, -0.2) is 41.4 Å². The summed E-state index contributed by atoms with van der Waals surface area (Å²) in [5.41, 5.74) is -3.30. The number of hydrogen-bond donors (Lipinski definition) is 2. The van der Waals surface area contributed by atoms with Gasteiger partial charge in [0.25, 0.3) is 0 Å². The molecule has 0 aromatic heterocycles. The number of carbonyl (C=O) groups is 2. The van der Waals surface area contributed by atoms with Crippen molar-refractivity contribution in [1.82, 2.24) is 5.32 Å². The van der Waals surface area contributed by atoms with E-state index in [0.717, 1.165) is 0 Å². The van der Waals surface area contributed by atoms with Gasteiger partial charge in [0.1, 0.15) is 6.10 Å². The summed E-state index contributed by atoms with van der Waals surface area (Å²) in [6, 6.07) is 0. The molecular weight excluding hydrogens is 243 g/mol. The van der Waals surface area contributed by atoms with Gasteiger partial charge in [-0.25, -0.2) is 4.79 Å². The molecule has 1 aliphatic rings. The lowest BCUT2D eigenvalue weighted by molar-refractivity contribution is -0.207. The van der Waals surface area contributed by atoms with Gasteiger partial charge >= 0.3 is 12.1 Å². The molecule has 1 heterocycles. The first-order valence-corrected chi connectivity index (χ1v) is 4.92. The van der Waals surface area contributed by atoms with Gasteiger partial charge in [-0.05, 0) is 19.8 Å². The number of nitrogens with one attached hydrogen (secondary N) is 1. The smallest absolute Gasteiger partial charge is 0.422 e. The van der Waals surface area contributed by atoms with Crippen LogP contribution in [0.5, 0.6) is 0 Å². The number of rotatable bonds is 3. The molecule has 0 aromatic rings. The van der Waals surface area contributed by atoms with Crippen LogP contribution in [0, 0.1) is 0 Å². The number of carbonyl (C=O) groups excluding carboxylic acids is 1. The van der Waals surface area contributed by atoms with E-state index in [0.29, 0.717) is 19.8 Å². The van der Waals surface area contributed by atoms with Gasteiger partial charge in [-0.3, -0.25) is 4.79 Å². The molecule has 1 saturated heterocycles. The van der Waals surface area contributed by atoms with Crippen molar-refractivity contribution in [3.63, 3.8) is 0 Å². The summed E-state index contributed by atoms with van der Waals surface area (Å²) in [4.78, 5) is 22.1. The summed E-state index contributed by atoms with van der Waals surface area (Å²) in [5.74, 6) is -3.21. The molecule has 5 nitrogen and oxygen atoms in total. The van der Waals surface area contributed by atoms with Gasteiger partial charge < -0.3 is 15.2 Å². The number of carboxylic acids is 1. The molecular formula is C9H12F3NO4. The Morgan fingerprint density at radius 1 is 1.41 bits per heavy atom. The van der Waals surface area contributed by atoms with Gasteiger partial charge in [0.15, 0.2) is 0 Å². The van der Waals surface area contributed by atoms with Crippen LogP contribution in [0.3, 0.4) is 0 Å². The molecule has 0 aliphatic carbocycles. The van der Waals surface area contributed by atoms with Crippen molar-refractivity contribution in [2.24, 2.45) is 0 Å². The molecule has 1 aliphatic heterocycles. The van der Waals surface area contributed by atoms with Gasteiger partial charge in [0, 0.05) is 6.61 Å². The topological polar surface area (TPSA) is 75.6 Å². The largest absolute Gasteiger partial charge is 0.479 e. The Morgan fingerprint density at radius 3 is 2.35 bits per heavy atom. The molecule has 1 unspecified atom stereocenters. The molecule has 0 bridgehead atoms. The third-order valence-electron chi connectivity index (χ3n) is 2.59. The molecule has 2 atom stereocenters. The van der Waals surface area contributed by atoms with Gasteiger partial charge in [-0.2, -0.15) is 13.2 Å². The van der Waals surface area contributed by atoms with Crippen LogP contribution >= 0.6 is 0 Å². The van der Waals surface area contributed by atoms with Gasteiger partial charge in [0.05, 0.1) is 0 Å². The minimum atomic E-state index is -5.08. The third-order valence-corrected chi connectivity index (χ3v) is 2.59. The molecule has 8 heteroatoms. The maximum absolute atomic E-state index is 12.6. The Hall–Kier alpha value is -1.31. The summed E-state index contributed by atoms with van der Waals surface area (Å²) < 4.78 is 42.6. The van der Waals surface area contributed by atoms with Crippen molar-refractivity contribution >= 4 is 11.9 Å². The first-order chi connectivity index (χ1) is 7.68. The van der Waals surface area contributed by atoms with Crippen LogP contribution in [0.2, 0.25) is 0 Å². The zero-order chi connectivity index (χ0) is 13.3. The number of ether oxygens (including phenoxy) is 1. The van der Waals surface area contributed by atoms with Crippen molar-refractivity contribution in [2.75, 3.05) is 6.61 Å². The second kappa shape index (κ2) is 4.52. The monoisotopic (exact) mass is 255 g/mol. The van der Waals surface area contributed by atoms with Crippen LogP contribution in [-0.2, 0) is 14.3 Å². The second-order valence-electron chi connectivity index (χ2n) is 3.92. The van der Waals surface area contributed by atoms with Crippen molar-refractivity contribution in [3.8, 4) is 0 Å². The maximum atomic E-state index is 12.6. The van der Waals surface area contributed by atoms with Crippen LogP contribution in [0.15, 0.2) is 0 Å². The van der Waals surface area contributed by atoms with E-state index in [-0.39, 0.29) is 6.61 Å². The summed E-state index contributed by atoms with van der Waals surface area (Å²) in [5, 5.41) is 10.1. The number of aliphatic carboxylic acids is 1. The fraction of sp³-hybridized carbons (Fsp3) is 0.778. The lowest BCUT2D eigenvalue weighted by Gasteiger charge is -2.29. The predicted molar refractivity (Wildman–Crippen MR) is 49.2 cm³/mol. The summed E-state index contributed by atoms with van der Waals surface area (Å²) in [6.45, 7) is 0.691. The minimum Gasteiger partial charge on any atom is -0.479 e. The van der Waals surface area contributed by atoms with E-state index >= 15 is 0 Å². The molecule has 1 amide bonds. The van der Waals surface area contributed by atoms with E-state index in [4.69, 9.17) is 9.84 Å². The second-order valence-corrected chi connectivity index (χ2v) is 3.92. The van der Waals surface area contributed by atoms with Gasteiger partial charge in [-0.15, -0.1) is 0 Å². The SMILES string of the molecule is CC(NC(=O)[C@@H]1CCCO1)(C(=O)O)C(F)(F)F. The van der Waals surface area contributed by atoms with E-state index in [9.17, 15) is 22.8 Å². The zero-order valence-electron chi connectivity index (χ0n) is 9.00. The average Bonchev–Trinajstić information content (AvgIpc) is 2.67. The molecule has 0 radical (unpaired) electrons. The van der Waals surface area contributed by atoms with Gasteiger partial charge in [0.2, 0.25) is 11.4 Å². The highest BCUT2D eigenvalue weighted by Gasteiger charge is 2.59. The Morgan fingerprint density at radius 2 is 2.00 bits per heavy atom. The van der Waals surface area contributed by atoms with Gasteiger partial charge in [-0.1, -0.05) is 0 Å². The van der Waals surface area contributed by atoms with Crippen LogP contribution in [0.25, 0.3) is 0 Å². The predicted octanol–water partition coefficient (Wildman–Crippen LogP) is 0.687. The van der Waals surface area contributed by atoms with Crippen LogP contribution < -0.4 is 5.32 Å². The molecule has 1 rings (SSSR count). The quantitative estimate of drug-likeness (QED) is 0.777. The standard InChI is InChI=1S/C9H12F3NO4/c1-8(7(15)16,9(10,11)12)13-6(14)5-3-2-4-17-5/h5H,2-4H2,1H3,(H,13,14)(H,15,16)/t5-,8?/m0/s1. The van der Waals surface area contributed by atoms with Crippen molar-refractivity contribution in [2.45, 2.75) is 37.6 Å². The van der Waals surface area contributed by atoms with Crippen molar-refractivity contribution in [1.29, 1.82) is 0 Å². The van der Waals surface area contributed by atoms with E-state index in [1.54, 1.807) is 0 Å². The average molecular weight is 255 g/mol. The first-order valence-electron chi connectivity index (χ1n) is 4.92. The Balaban J connectivity index is 2.80. The zero-order valence-corrected chi connectivity index (χ0v) is 9.00. The highest BCUT2D eigenvalue weighted by Crippen LogP contribution is 2.30. The molecule has 17 heavy (non-hydrogen) atoms. The Labute approximate surface area is 94.9 Å². The van der Waals surface area contributed by atoms with Crippen molar-refractivity contribution in [3.05, 3.63) is 0 Å². The molecule has 0 saturated carbocycles. The number of hydrogen-bond acceptors (Lipinski definition) is 3. The number of halogens is 3. The minimum absolute atomic E-state index is 0.286. The maximum Gasteiger partial charge on any atom is 0.422 e. The lowest BCUT2D eigenvalue weighted by atomic mass is 10.0. The summed E-state index contributed by atoms with van der Waals surface area (Å²) >= 11 is 0. The van der Waals surface area contributed by atoms with E-state index in [1.807, 2.05) is 0 Å². The van der Waals surface area contributed by atoms with E-state index in [1.165, 1.54) is 5.32 Å². The summed E-state index contributed by atoms with van der Waals surface area (Å²) in [7, 11) is 0. The molecule has 98 valence electrons. The Bertz CT molecular complexity index is 325. The summed E-state index contributed by atoms with van der Waals surface area (Å²) in [6.07, 6.45) is -5.23. The molecule has 0 spiro atoms. The van der Waals surface area contributed by atoms with Crippen molar-refractivity contribution < 1.29 is 32.6 Å². The lowest BCUT2D eigenvalue weighted by Crippen LogP contribution is -2.63. The Kier molecular flexibility index (Phi) is 3.65. The van der Waals surface area contributed by atoms with E-state index in [2.05, 4.69) is 0 Å². The highest BCUT2D eigenvalue weighted by molar-refractivity contribution is 5.89.